The minimum Gasteiger partial charge on any atom is -0.383 e. The van der Waals surface area contributed by atoms with E-state index in [1.54, 1.807) is 7.11 Å². The van der Waals surface area contributed by atoms with Gasteiger partial charge in [0.25, 0.3) is 0 Å². The number of benzene rings is 1. The summed E-state index contributed by atoms with van der Waals surface area (Å²) in [5.74, 6) is 0.629. The van der Waals surface area contributed by atoms with Crippen LogP contribution in [0.1, 0.15) is 24.1 Å². The number of urea groups is 1. The maximum absolute atomic E-state index is 12.6. The molecule has 146 valence electrons. The second-order valence-corrected chi connectivity index (χ2v) is 6.98. The topological polar surface area (TPSA) is 62.6 Å². The third-order valence-corrected chi connectivity index (χ3v) is 5.09. The summed E-state index contributed by atoms with van der Waals surface area (Å²) in [5, 5.41) is 7.58. The number of rotatable bonds is 6. The van der Waals surface area contributed by atoms with Crippen LogP contribution in [0.25, 0.3) is 0 Å². The number of piperazine rings is 1. The molecule has 0 unspecified atom stereocenters. The summed E-state index contributed by atoms with van der Waals surface area (Å²) in [6, 6.07) is 10.3. The van der Waals surface area contributed by atoms with E-state index in [0.29, 0.717) is 5.82 Å². The first-order chi connectivity index (χ1) is 13.1. The van der Waals surface area contributed by atoms with E-state index >= 15 is 0 Å². The van der Waals surface area contributed by atoms with Crippen LogP contribution in [0.3, 0.4) is 0 Å². The lowest BCUT2D eigenvalue weighted by Crippen LogP contribution is -2.50. The first kappa shape index (κ1) is 19.4. The zero-order valence-corrected chi connectivity index (χ0v) is 16.4. The van der Waals surface area contributed by atoms with E-state index < -0.39 is 0 Å². The number of amides is 2. The number of carbonyl (C=O) groups excluding carboxylic acids is 1. The van der Waals surface area contributed by atoms with Crippen molar-refractivity contribution in [3.8, 4) is 0 Å². The molecule has 1 aromatic heterocycles. The number of nitrogens with one attached hydrogen (secondary N) is 1. The highest BCUT2D eigenvalue weighted by atomic mass is 16.5. The Bertz CT molecular complexity index is 738. The summed E-state index contributed by atoms with van der Waals surface area (Å²) in [5.41, 5.74) is 2.15. The molecule has 1 N–H and O–H groups in total. The van der Waals surface area contributed by atoms with Crippen molar-refractivity contribution in [1.82, 2.24) is 19.6 Å². The molecule has 2 heterocycles. The van der Waals surface area contributed by atoms with Crippen molar-refractivity contribution in [2.24, 2.45) is 0 Å². The summed E-state index contributed by atoms with van der Waals surface area (Å²) in [4.78, 5) is 16.8. The van der Waals surface area contributed by atoms with Crippen LogP contribution in [0.15, 0.2) is 36.5 Å². The van der Waals surface area contributed by atoms with Gasteiger partial charge in [-0.1, -0.05) is 30.3 Å². The van der Waals surface area contributed by atoms with Crippen molar-refractivity contribution in [3.05, 3.63) is 47.7 Å². The Hall–Kier alpha value is -2.38. The molecule has 7 nitrogen and oxygen atoms in total. The van der Waals surface area contributed by atoms with Crippen molar-refractivity contribution >= 4 is 11.8 Å². The van der Waals surface area contributed by atoms with Gasteiger partial charge in [-0.3, -0.25) is 14.9 Å². The number of hydrogen-bond acceptors (Lipinski definition) is 4. The quantitative estimate of drug-likeness (QED) is 0.848. The normalized spacial score (nSPS) is 16.3. The van der Waals surface area contributed by atoms with Crippen LogP contribution in [-0.2, 0) is 4.74 Å². The van der Waals surface area contributed by atoms with Gasteiger partial charge in [0.2, 0.25) is 0 Å². The van der Waals surface area contributed by atoms with E-state index in [1.807, 2.05) is 40.9 Å². The lowest BCUT2D eigenvalue weighted by atomic mass is 10.1. The molecule has 1 aromatic carbocycles. The van der Waals surface area contributed by atoms with E-state index in [-0.39, 0.29) is 12.1 Å². The van der Waals surface area contributed by atoms with Crippen LogP contribution in [-0.4, -0.2) is 72.1 Å². The number of anilines is 1. The van der Waals surface area contributed by atoms with Gasteiger partial charge in [0.15, 0.2) is 5.82 Å². The summed E-state index contributed by atoms with van der Waals surface area (Å²) in [7, 11) is 1.71. The average molecular weight is 371 g/mol. The third-order valence-electron chi connectivity index (χ3n) is 5.09. The van der Waals surface area contributed by atoms with Gasteiger partial charge in [-0.2, -0.15) is 5.10 Å². The molecule has 2 aromatic rings. The Kier molecular flexibility index (Phi) is 6.47. The fourth-order valence-corrected chi connectivity index (χ4v) is 3.26. The predicted octanol–water partition coefficient (Wildman–Crippen LogP) is 2.60. The van der Waals surface area contributed by atoms with Gasteiger partial charge in [0.1, 0.15) is 0 Å². The highest BCUT2D eigenvalue weighted by Gasteiger charge is 2.22. The van der Waals surface area contributed by atoms with Gasteiger partial charge in [0.05, 0.1) is 12.6 Å². The fourth-order valence-electron chi connectivity index (χ4n) is 3.26. The standard InChI is InChI=1S/C20H29N5O2/c1-16-15-25(17(2)18-7-5-4-6-8-18)22-19(16)21-20(26)24-11-9-23(10-12-24)13-14-27-3/h4-8,15,17H,9-14H2,1-3H3,(H,21,22,26)/t17-/m0/s1. The van der Waals surface area contributed by atoms with Crippen molar-refractivity contribution in [2.45, 2.75) is 19.9 Å². The lowest BCUT2D eigenvalue weighted by molar-refractivity contribution is 0.109. The van der Waals surface area contributed by atoms with Crippen LogP contribution in [0.4, 0.5) is 10.6 Å². The zero-order chi connectivity index (χ0) is 19.2. The van der Waals surface area contributed by atoms with E-state index in [4.69, 9.17) is 4.74 Å². The highest BCUT2D eigenvalue weighted by Crippen LogP contribution is 2.21. The van der Waals surface area contributed by atoms with E-state index in [1.165, 1.54) is 5.56 Å². The number of nitrogens with zero attached hydrogens (tertiary/aromatic N) is 4. The molecule has 3 rings (SSSR count). The van der Waals surface area contributed by atoms with Crippen molar-refractivity contribution in [1.29, 1.82) is 0 Å². The second-order valence-electron chi connectivity index (χ2n) is 6.98. The molecular formula is C20H29N5O2. The monoisotopic (exact) mass is 371 g/mol. The number of aromatic nitrogens is 2. The molecule has 1 aliphatic heterocycles. The Morgan fingerprint density at radius 3 is 2.59 bits per heavy atom. The summed E-state index contributed by atoms with van der Waals surface area (Å²) >= 11 is 0. The zero-order valence-electron chi connectivity index (χ0n) is 16.4. The van der Waals surface area contributed by atoms with E-state index in [0.717, 1.165) is 44.9 Å². The first-order valence-electron chi connectivity index (χ1n) is 9.46. The minimum atomic E-state index is -0.0814. The Labute approximate surface area is 160 Å². The number of hydrogen-bond donors (Lipinski definition) is 1. The lowest BCUT2D eigenvalue weighted by Gasteiger charge is -2.34. The van der Waals surface area contributed by atoms with Crippen molar-refractivity contribution < 1.29 is 9.53 Å². The predicted molar refractivity (Wildman–Crippen MR) is 106 cm³/mol. The molecule has 1 fully saturated rings. The van der Waals surface area contributed by atoms with Crippen LogP contribution >= 0.6 is 0 Å². The molecule has 1 aliphatic rings. The van der Waals surface area contributed by atoms with Gasteiger partial charge >= 0.3 is 6.03 Å². The maximum atomic E-state index is 12.6. The summed E-state index contributed by atoms with van der Waals surface area (Å²) in [6.07, 6.45) is 1.98. The van der Waals surface area contributed by atoms with Crippen LogP contribution in [0.2, 0.25) is 0 Å². The van der Waals surface area contributed by atoms with Gasteiger partial charge in [0, 0.05) is 51.6 Å². The Morgan fingerprint density at radius 1 is 1.22 bits per heavy atom. The first-order valence-corrected chi connectivity index (χ1v) is 9.46. The van der Waals surface area contributed by atoms with Crippen molar-refractivity contribution in [2.75, 3.05) is 51.8 Å². The summed E-state index contributed by atoms with van der Waals surface area (Å²) < 4.78 is 7.03. The fraction of sp³-hybridized carbons (Fsp3) is 0.500. The average Bonchev–Trinajstić information content (AvgIpc) is 3.07. The molecule has 1 atom stereocenters. The SMILES string of the molecule is COCCN1CCN(C(=O)Nc2nn([C@@H](C)c3ccccc3)cc2C)CC1. The van der Waals surface area contributed by atoms with E-state index in [2.05, 4.69) is 34.4 Å². The minimum absolute atomic E-state index is 0.0814. The molecule has 1 saturated heterocycles. The second kappa shape index (κ2) is 9.01. The molecule has 0 spiro atoms. The van der Waals surface area contributed by atoms with E-state index in [9.17, 15) is 4.79 Å². The molecule has 27 heavy (non-hydrogen) atoms. The van der Waals surface area contributed by atoms with Gasteiger partial charge in [-0.15, -0.1) is 0 Å². The van der Waals surface area contributed by atoms with Gasteiger partial charge < -0.3 is 9.64 Å². The largest absolute Gasteiger partial charge is 0.383 e. The number of aryl methyl sites for hydroxylation is 1. The molecular weight excluding hydrogens is 342 g/mol. The molecule has 2 amide bonds. The molecule has 7 heteroatoms. The Balaban J connectivity index is 1.58. The number of ether oxygens (including phenoxy) is 1. The van der Waals surface area contributed by atoms with Gasteiger partial charge in [-0.25, -0.2) is 4.79 Å². The van der Waals surface area contributed by atoms with Crippen LogP contribution in [0, 0.1) is 6.92 Å². The number of methoxy groups -OCH3 is 1. The molecule has 0 bridgehead atoms. The molecule has 0 saturated carbocycles. The third kappa shape index (κ3) is 4.87. The van der Waals surface area contributed by atoms with Crippen molar-refractivity contribution in [3.63, 3.8) is 0 Å². The van der Waals surface area contributed by atoms with Crippen LogP contribution in [0.5, 0.6) is 0 Å². The maximum Gasteiger partial charge on any atom is 0.323 e. The molecule has 0 aliphatic carbocycles. The number of carbonyl (C=O) groups is 1. The summed E-state index contributed by atoms with van der Waals surface area (Å²) in [6.45, 7) is 8.89. The highest BCUT2D eigenvalue weighted by molar-refractivity contribution is 5.89. The van der Waals surface area contributed by atoms with Gasteiger partial charge in [-0.05, 0) is 19.4 Å². The Morgan fingerprint density at radius 2 is 1.93 bits per heavy atom. The smallest absolute Gasteiger partial charge is 0.323 e. The van der Waals surface area contributed by atoms with Crippen LogP contribution < -0.4 is 5.32 Å². The molecule has 0 radical (unpaired) electrons.